The Bertz CT molecular complexity index is 1120. The highest BCUT2D eigenvalue weighted by Gasteiger charge is 2.43. The lowest BCUT2D eigenvalue weighted by Gasteiger charge is -2.25. The molecular formula is C18H20F2N2O7S. The number of halogens is 2. The van der Waals surface area contributed by atoms with Crippen LogP contribution in [0.3, 0.4) is 0 Å². The van der Waals surface area contributed by atoms with Crippen molar-refractivity contribution in [2.75, 3.05) is 13.4 Å². The van der Waals surface area contributed by atoms with Crippen molar-refractivity contribution in [2.24, 2.45) is 0 Å². The largest absolute Gasteiger partial charge is 0.497 e. The molecule has 0 bridgehead atoms. The summed E-state index contributed by atoms with van der Waals surface area (Å²) in [5.74, 6) is -2.67. The van der Waals surface area contributed by atoms with Gasteiger partial charge in [0.2, 0.25) is 0 Å². The molecule has 12 heteroatoms. The van der Waals surface area contributed by atoms with Crippen molar-refractivity contribution in [3.8, 4) is 16.9 Å². The molecule has 9 nitrogen and oxygen atoms in total. The van der Waals surface area contributed by atoms with E-state index in [2.05, 4.69) is 4.99 Å². The smallest absolute Gasteiger partial charge is 0.267 e. The average molecular weight is 446 g/mol. The summed E-state index contributed by atoms with van der Waals surface area (Å²) in [4.78, 5) is 27.9. The van der Waals surface area contributed by atoms with Crippen molar-refractivity contribution in [3.63, 3.8) is 0 Å². The highest BCUT2D eigenvalue weighted by molar-refractivity contribution is 7.92. The van der Waals surface area contributed by atoms with Crippen molar-refractivity contribution in [1.29, 1.82) is 0 Å². The van der Waals surface area contributed by atoms with Gasteiger partial charge in [-0.25, -0.2) is 27.9 Å². The van der Waals surface area contributed by atoms with Gasteiger partial charge in [-0.15, -0.1) is 4.99 Å². The number of hydrogen-bond donors (Lipinski definition) is 2. The summed E-state index contributed by atoms with van der Waals surface area (Å²) >= 11 is 0. The summed E-state index contributed by atoms with van der Waals surface area (Å²) in [6, 6.07) is 4.58. The molecule has 30 heavy (non-hydrogen) atoms. The zero-order valence-electron chi connectivity index (χ0n) is 16.3. The molecule has 0 radical (unpaired) electrons. The fraction of sp³-hybridized carbons (Fsp3) is 0.333. The van der Waals surface area contributed by atoms with Crippen molar-refractivity contribution in [2.45, 2.75) is 24.6 Å². The zero-order chi connectivity index (χ0) is 22.7. The summed E-state index contributed by atoms with van der Waals surface area (Å²) in [5.41, 5.74) is 0.347. The summed E-state index contributed by atoms with van der Waals surface area (Å²) in [6.45, 7) is 0.711. The molecule has 1 unspecified atom stereocenters. The fourth-order valence-electron chi connectivity index (χ4n) is 2.72. The van der Waals surface area contributed by atoms with Crippen LogP contribution in [0.15, 0.2) is 35.3 Å². The van der Waals surface area contributed by atoms with Crippen LogP contribution in [0.2, 0.25) is 0 Å². The van der Waals surface area contributed by atoms with Crippen LogP contribution in [0.5, 0.6) is 5.75 Å². The van der Waals surface area contributed by atoms with Gasteiger partial charge in [-0.05, 0) is 25.5 Å². The molecule has 2 N–H and O–H groups in total. The van der Waals surface area contributed by atoms with E-state index in [0.717, 1.165) is 36.1 Å². The minimum atomic E-state index is -4.02. The van der Waals surface area contributed by atoms with E-state index in [1.807, 2.05) is 0 Å². The number of carbonyl (C=O) groups is 1. The molecule has 0 saturated carbocycles. The van der Waals surface area contributed by atoms with E-state index in [0.29, 0.717) is 0 Å². The standard InChI is InChI=1S/C18H20F2N2O7S/c1-18(30(3,26)27,17(24)21-29-25)6-7-22-10-15(20)13(9-16(22)23)12-5-4-11(28-2)8-14(12)19/h4-5,8-10,25H,6-7H2,1-3H3,(H,21,24). The maximum absolute atomic E-state index is 14.6. The minimum Gasteiger partial charge on any atom is -0.497 e. The normalized spacial score (nSPS) is 13.5. The number of methoxy groups -OCH3 is 1. The number of amides is 1. The lowest BCUT2D eigenvalue weighted by atomic mass is 10.0. The molecule has 0 saturated heterocycles. The number of pyridine rings is 1. The number of aromatic nitrogens is 1. The van der Waals surface area contributed by atoms with Crippen molar-refractivity contribution < 1.29 is 37.0 Å². The Hall–Kier alpha value is -2.83. The van der Waals surface area contributed by atoms with Gasteiger partial charge in [0.1, 0.15) is 17.4 Å². The number of hydrogen-bond acceptors (Lipinski definition) is 7. The van der Waals surface area contributed by atoms with E-state index in [4.69, 9.17) is 9.99 Å². The van der Waals surface area contributed by atoms with Crippen LogP contribution in [0.25, 0.3) is 11.1 Å². The zero-order valence-corrected chi connectivity index (χ0v) is 17.1. The van der Waals surface area contributed by atoms with E-state index in [1.54, 1.807) is 0 Å². The van der Waals surface area contributed by atoms with Crippen LogP contribution in [-0.2, 0) is 26.2 Å². The molecule has 2 aromatic rings. The van der Waals surface area contributed by atoms with E-state index < -0.39 is 44.1 Å². The van der Waals surface area contributed by atoms with Gasteiger partial charge in [-0.2, -0.15) is 0 Å². The molecule has 0 aliphatic carbocycles. The van der Waals surface area contributed by atoms with Crippen LogP contribution in [0.4, 0.5) is 8.78 Å². The Morgan fingerprint density at radius 2 is 1.90 bits per heavy atom. The summed E-state index contributed by atoms with van der Waals surface area (Å²) in [7, 11) is -2.68. The Morgan fingerprint density at radius 3 is 2.43 bits per heavy atom. The predicted octanol–water partition coefficient (Wildman–Crippen LogP) is 1.52. The minimum absolute atomic E-state index is 0.155. The molecule has 1 amide bonds. The Morgan fingerprint density at radius 1 is 1.23 bits per heavy atom. The van der Waals surface area contributed by atoms with Crippen molar-refractivity contribution >= 4 is 15.7 Å². The van der Waals surface area contributed by atoms with Gasteiger partial charge in [-0.1, -0.05) is 0 Å². The van der Waals surface area contributed by atoms with Crippen LogP contribution >= 0.6 is 0 Å². The third kappa shape index (κ3) is 4.66. The summed E-state index contributed by atoms with van der Waals surface area (Å²) < 4.78 is 56.6. The van der Waals surface area contributed by atoms with E-state index in [9.17, 15) is 26.8 Å². The lowest BCUT2D eigenvalue weighted by molar-refractivity contribution is -0.285. The first-order valence-electron chi connectivity index (χ1n) is 8.49. The van der Waals surface area contributed by atoms with Crippen molar-refractivity contribution in [3.05, 3.63) is 52.5 Å². The van der Waals surface area contributed by atoms with Crippen LogP contribution in [0.1, 0.15) is 13.3 Å². The van der Waals surface area contributed by atoms with E-state index >= 15 is 0 Å². The molecule has 0 aliphatic rings. The molecule has 1 aromatic heterocycles. The first-order chi connectivity index (χ1) is 13.9. The number of hydroxylamine groups is 1. The number of nitrogens with one attached hydrogen (secondary N) is 1. The lowest BCUT2D eigenvalue weighted by Crippen LogP contribution is -2.50. The van der Waals surface area contributed by atoms with Gasteiger partial charge in [0.25, 0.3) is 11.5 Å². The number of nitrogens with zero attached hydrogens (tertiary/aromatic N) is 1. The van der Waals surface area contributed by atoms with Gasteiger partial charge in [0, 0.05) is 42.3 Å². The van der Waals surface area contributed by atoms with Crippen LogP contribution in [0, 0.1) is 11.6 Å². The molecule has 1 aromatic carbocycles. The Kier molecular flexibility index (Phi) is 6.95. The second-order valence-electron chi connectivity index (χ2n) is 6.69. The molecule has 0 aliphatic heterocycles. The van der Waals surface area contributed by atoms with Gasteiger partial charge in [0.05, 0.1) is 7.11 Å². The number of benzene rings is 1. The monoisotopic (exact) mass is 446 g/mol. The molecule has 0 spiro atoms. The topological polar surface area (TPSA) is 124 Å². The van der Waals surface area contributed by atoms with Gasteiger partial charge in [-0.3, -0.25) is 9.59 Å². The number of rotatable bonds is 8. The first kappa shape index (κ1) is 23.4. The molecule has 164 valence electrons. The van der Waals surface area contributed by atoms with E-state index in [-0.39, 0.29) is 23.4 Å². The molecule has 0 fully saturated rings. The molecule has 2 rings (SSSR count). The summed E-state index contributed by atoms with van der Waals surface area (Å²) in [6.07, 6.45) is 1.16. The fourth-order valence-corrected chi connectivity index (χ4v) is 3.56. The maximum atomic E-state index is 14.6. The van der Waals surface area contributed by atoms with Gasteiger partial charge in [0.15, 0.2) is 14.6 Å². The SMILES string of the molecule is COc1ccc(-c2cc(=O)n(CCC(C)(C(=O)NOO)S(C)(=O)=O)cc2F)c(F)c1. The number of ether oxygens (including phenoxy) is 1. The highest BCUT2D eigenvalue weighted by Crippen LogP contribution is 2.28. The van der Waals surface area contributed by atoms with Crippen LogP contribution in [-0.4, -0.2) is 42.3 Å². The summed E-state index contributed by atoms with van der Waals surface area (Å²) in [5, 5.41) is 8.36. The highest BCUT2D eigenvalue weighted by atomic mass is 32.2. The van der Waals surface area contributed by atoms with Gasteiger partial charge >= 0.3 is 0 Å². The first-order valence-corrected chi connectivity index (χ1v) is 10.4. The number of sulfone groups is 1. The predicted molar refractivity (Wildman–Crippen MR) is 102 cm³/mol. The molecule has 1 atom stereocenters. The van der Waals surface area contributed by atoms with Crippen molar-refractivity contribution in [1.82, 2.24) is 10.0 Å². The van der Waals surface area contributed by atoms with Crippen LogP contribution < -0.4 is 15.8 Å². The molecular weight excluding hydrogens is 426 g/mol. The quantitative estimate of drug-likeness (QED) is 0.465. The third-order valence-corrected chi connectivity index (χ3v) is 6.84. The second-order valence-corrected chi connectivity index (χ2v) is 9.13. The second kappa shape index (κ2) is 8.90. The van der Waals surface area contributed by atoms with E-state index in [1.165, 1.54) is 24.7 Å². The maximum Gasteiger partial charge on any atom is 0.267 e. The Balaban J connectivity index is 2.38. The number of carbonyl (C=O) groups excluding carboxylic acids is 1. The average Bonchev–Trinajstić information content (AvgIpc) is 2.67. The van der Waals surface area contributed by atoms with Gasteiger partial charge < -0.3 is 9.30 Å². The molecule has 1 heterocycles. The number of aryl methyl sites for hydroxylation is 1. The third-order valence-electron chi connectivity index (χ3n) is 4.81. The Labute approximate surface area is 170 Å².